The maximum absolute atomic E-state index is 12.9. The second-order valence-electron chi connectivity index (χ2n) is 8.73. The molecular formula is C26H28N4O5. The van der Waals surface area contributed by atoms with E-state index in [0.717, 1.165) is 22.3 Å². The fourth-order valence-electron chi connectivity index (χ4n) is 4.43. The Bertz CT molecular complexity index is 1220. The fourth-order valence-corrected chi connectivity index (χ4v) is 4.43. The zero-order valence-electron chi connectivity index (χ0n) is 19.9. The number of alkyl carbamates (subject to hydrolysis) is 1. The first-order chi connectivity index (χ1) is 16.8. The molecule has 0 bridgehead atoms. The number of aromatic nitrogens is 2. The Balaban J connectivity index is 1.38. The van der Waals surface area contributed by atoms with Crippen molar-refractivity contribution in [2.45, 2.75) is 19.4 Å². The third kappa shape index (κ3) is 4.89. The first-order valence-electron chi connectivity index (χ1n) is 11.4. The predicted octanol–water partition coefficient (Wildman–Crippen LogP) is 3.25. The summed E-state index contributed by atoms with van der Waals surface area (Å²) in [6, 6.07) is 16.2. The number of amides is 2. The Hall–Kier alpha value is -4.14. The Kier molecular flexibility index (Phi) is 6.86. The maximum atomic E-state index is 12.9. The topological polar surface area (TPSA) is 114 Å². The summed E-state index contributed by atoms with van der Waals surface area (Å²) in [5.41, 5.74) is 5.34. The molecule has 35 heavy (non-hydrogen) atoms. The second-order valence-corrected chi connectivity index (χ2v) is 8.73. The van der Waals surface area contributed by atoms with Crippen LogP contribution in [0.15, 0.2) is 54.7 Å². The number of nitrogens with one attached hydrogen (secondary N) is 1. The SMILES string of the molecule is CC(CN(C)C(=O)c1cnn(C)c1CNC(=O)OCC1c2ccccc2-c2ccccc21)C(=O)O. The molecule has 0 saturated heterocycles. The molecule has 9 nitrogen and oxygen atoms in total. The van der Waals surface area contributed by atoms with Crippen LogP contribution in [0.3, 0.4) is 0 Å². The minimum Gasteiger partial charge on any atom is -0.481 e. The Morgan fingerprint density at radius 2 is 1.71 bits per heavy atom. The highest BCUT2D eigenvalue weighted by Crippen LogP contribution is 2.44. The van der Waals surface area contributed by atoms with Crippen LogP contribution < -0.4 is 5.32 Å². The molecule has 1 atom stereocenters. The maximum Gasteiger partial charge on any atom is 0.407 e. The van der Waals surface area contributed by atoms with Gasteiger partial charge in [0.1, 0.15) is 6.61 Å². The van der Waals surface area contributed by atoms with E-state index in [1.54, 1.807) is 7.05 Å². The number of hydrogen-bond acceptors (Lipinski definition) is 5. The molecule has 0 aliphatic heterocycles. The van der Waals surface area contributed by atoms with Gasteiger partial charge in [-0.2, -0.15) is 5.10 Å². The number of ether oxygens (including phenoxy) is 1. The fraction of sp³-hybridized carbons (Fsp3) is 0.308. The molecule has 9 heteroatoms. The van der Waals surface area contributed by atoms with Crippen LogP contribution in [0.25, 0.3) is 11.1 Å². The molecule has 182 valence electrons. The van der Waals surface area contributed by atoms with Crippen LogP contribution in [-0.4, -0.2) is 58.0 Å². The average Bonchev–Trinajstić information content (AvgIpc) is 3.38. The molecule has 1 aliphatic rings. The molecule has 0 spiro atoms. The van der Waals surface area contributed by atoms with Crippen molar-refractivity contribution < 1.29 is 24.2 Å². The summed E-state index contributed by atoms with van der Waals surface area (Å²) in [5.74, 6) is -2.10. The summed E-state index contributed by atoms with van der Waals surface area (Å²) in [4.78, 5) is 37.9. The summed E-state index contributed by atoms with van der Waals surface area (Å²) in [7, 11) is 3.21. The van der Waals surface area contributed by atoms with E-state index >= 15 is 0 Å². The number of nitrogens with zero attached hydrogens (tertiary/aromatic N) is 3. The number of carbonyl (C=O) groups excluding carboxylic acids is 2. The predicted molar refractivity (Wildman–Crippen MR) is 129 cm³/mol. The molecular weight excluding hydrogens is 448 g/mol. The number of carboxylic acid groups (broad SMARTS) is 1. The summed E-state index contributed by atoms with van der Waals surface area (Å²) in [6.45, 7) is 1.82. The number of fused-ring (bicyclic) bond motifs is 3. The van der Waals surface area contributed by atoms with Gasteiger partial charge in [0.25, 0.3) is 5.91 Å². The van der Waals surface area contributed by atoms with Gasteiger partial charge < -0.3 is 20.1 Å². The lowest BCUT2D eigenvalue weighted by Gasteiger charge is -2.19. The van der Waals surface area contributed by atoms with E-state index < -0.39 is 18.0 Å². The number of carbonyl (C=O) groups is 3. The van der Waals surface area contributed by atoms with Crippen molar-refractivity contribution in [1.29, 1.82) is 0 Å². The number of carboxylic acids is 1. The number of aryl methyl sites for hydroxylation is 1. The van der Waals surface area contributed by atoms with Crippen molar-refractivity contribution in [1.82, 2.24) is 20.0 Å². The van der Waals surface area contributed by atoms with Crippen LogP contribution in [0, 0.1) is 5.92 Å². The first-order valence-corrected chi connectivity index (χ1v) is 11.4. The molecule has 0 radical (unpaired) electrons. The number of hydrogen-bond donors (Lipinski definition) is 2. The van der Waals surface area contributed by atoms with Gasteiger partial charge in [0.15, 0.2) is 0 Å². The van der Waals surface area contributed by atoms with Crippen molar-refractivity contribution in [3.05, 3.63) is 77.1 Å². The molecule has 1 heterocycles. The zero-order chi connectivity index (χ0) is 25.1. The minimum absolute atomic E-state index is 0.0383. The zero-order valence-corrected chi connectivity index (χ0v) is 19.9. The summed E-state index contributed by atoms with van der Waals surface area (Å²) >= 11 is 0. The van der Waals surface area contributed by atoms with Gasteiger partial charge in [-0.25, -0.2) is 4.79 Å². The summed E-state index contributed by atoms with van der Waals surface area (Å²) in [6.07, 6.45) is 0.818. The van der Waals surface area contributed by atoms with Crippen molar-refractivity contribution >= 4 is 18.0 Å². The average molecular weight is 477 g/mol. The van der Waals surface area contributed by atoms with Gasteiger partial charge in [-0.1, -0.05) is 55.5 Å². The van der Waals surface area contributed by atoms with E-state index in [9.17, 15) is 14.4 Å². The molecule has 1 unspecified atom stereocenters. The van der Waals surface area contributed by atoms with E-state index in [-0.39, 0.29) is 31.5 Å². The van der Waals surface area contributed by atoms with Crippen molar-refractivity contribution in [2.75, 3.05) is 20.2 Å². The van der Waals surface area contributed by atoms with Gasteiger partial charge >= 0.3 is 12.1 Å². The van der Waals surface area contributed by atoms with Gasteiger partial charge in [-0.3, -0.25) is 14.3 Å². The van der Waals surface area contributed by atoms with Crippen LogP contribution in [0.4, 0.5) is 4.79 Å². The van der Waals surface area contributed by atoms with Crippen molar-refractivity contribution in [3.63, 3.8) is 0 Å². The van der Waals surface area contributed by atoms with E-state index in [1.807, 2.05) is 24.3 Å². The lowest BCUT2D eigenvalue weighted by atomic mass is 9.98. The van der Waals surface area contributed by atoms with Crippen molar-refractivity contribution in [2.24, 2.45) is 13.0 Å². The van der Waals surface area contributed by atoms with Gasteiger partial charge in [-0.05, 0) is 22.3 Å². The van der Waals surface area contributed by atoms with E-state index in [4.69, 9.17) is 9.84 Å². The quantitative estimate of drug-likeness (QED) is 0.516. The Morgan fingerprint density at radius 3 is 2.31 bits per heavy atom. The number of aliphatic carboxylic acids is 1. The largest absolute Gasteiger partial charge is 0.481 e. The van der Waals surface area contributed by atoms with Crippen LogP contribution in [-0.2, 0) is 23.1 Å². The summed E-state index contributed by atoms with van der Waals surface area (Å²) < 4.78 is 7.07. The second kappa shape index (κ2) is 10.0. The Morgan fingerprint density at radius 1 is 1.11 bits per heavy atom. The smallest absolute Gasteiger partial charge is 0.407 e. The van der Waals surface area contributed by atoms with Gasteiger partial charge in [0.05, 0.1) is 29.9 Å². The highest BCUT2D eigenvalue weighted by molar-refractivity contribution is 5.95. The standard InChI is InChI=1S/C26H28N4O5/c1-16(25(32)33)14-29(2)24(31)21-12-28-30(3)23(21)13-27-26(34)35-15-22-19-10-6-4-8-17(19)18-9-5-7-11-20(18)22/h4-12,16,22H,13-15H2,1-3H3,(H,27,34)(H,32,33). The Labute approximate surface area is 203 Å². The van der Waals surface area contributed by atoms with Gasteiger partial charge in [0.2, 0.25) is 0 Å². The molecule has 3 aromatic rings. The van der Waals surface area contributed by atoms with Crippen LogP contribution in [0.2, 0.25) is 0 Å². The molecule has 2 amide bonds. The molecule has 2 N–H and O–H groups in total. The normalized spacial score (nSPS) is 13.0. The van der Waals surface area contributed by atoms with Crippen molar-refractivity contribution in [3.8, 4) is 11.1 Å². The monoisotopic (exact) mass is 476 g/mol. The van der Waals surface area contributed by atoms with Gasteiger partial charge in [0, 0.05) is 26.6 Å². The van der Waals surface area contributed by atoms with Crippen LogP contribution in [0.1, 0.15) is 40.0 Å². The van der Waals surface area contributed by atoms with Crippen LogP contribution in [0.5, 0.6) is 0 Å². The lowest BCUT2D eigenvalue weighted by molar-refractivity contribution is -0.141. The summed E-state index contributed by atoms with van der Waals surface area (Å²) in [5, 5.41) is 15.9. The number of rotatable bonds is 8. The highest BCUT2D eigenvalue weighted by Gasteiger charge is 2.29. The third-order valence-corrected chi connectivity index (χ3v) is 6.35. The number of benzene rings is 2. The van der Waals surface area contributed by atoms with E-state index in [2.05, 4.69) is 34.7 Å². The molecule has 0 saturated carbocycles. The minimum atomic E-state index is -0.979. The first kappa shape index (κ1) is 24.0. The van der Waals surface area contributed by atoms with E-state index in [1.165, 1.54) is 29.7 Å². The lowest BCUT2D eigenvalue weighted by Crippen LogP contribution is -2.34. The van der Waals surface area contributed by atoms with E-state index in [0.29, 0.717) is 11.3 Å². The molecule has 2 aromatic carbocycles. The molecule has 0 fully saturated rings. The molecule has 1 aliphatic carbocycles. The van der Waals surface area contributed by atoms with Gasteiger partial charge in [-0.15, -0.1) is 0 Å². The molecule has 1 aromatic heterocycles. The molecule has 4 rings (SSSR count). The highest BCUT2D eigenvalue weighted by atomic mass is 16.5. The third-order valence-electron chi connectivity index (χ3n) is 6.35. The van der Waals surface area contributed by atoms with Crippen LogP contribution >= 0.6 is 0 Å².